The molecule has 0 aliphatic rings. The second-order valence-electron chi connectivity index (χ2n) is 3.19. The van der Waals surface area contributed by atoms with Crippen LogP contribution in [0.5, 0.6) is 0 Å². The van der Waals surface area contributed by atoms with Crippen molar-refractivity contribution in [1.82, 2.24) is 4.98 Å². The number of para-hydroxylation sites is 1. The normalized spacial score (nSPS) is 10.4. The lowest BCUT2D eigenvalue weighted by molar-refractivity contribution is 0.100. The molecule has 0 bridgehead atoms. The van der Waals surface area contributed by atoms with Crippen molar-refractivity contribution in [3.63, 3.8) is 0 Å². The zero-order chi connectivity index (χ0) is 10.1. The fourth-order valence-corrected chi connectivity index (χ4v) is 1.51. The van der Waals surface area contributed by atoms with Gasteiger partial charge in [0.15, 0.2) is 0 Å². The van der Waals surface area contributed by atoms with Gasteiger partial charge in [-0.15, -0.1) is 0 Å². The first-order valence-corrected chi connectivity index (χ1v) is 4.34. The van der Waals surface area contributed by atoms with E-state index in [1.165, 1.54) is 0 Å². The Kier molecular flexibility index (Phi) is 1.93. The van der Waals surface area contributed by atoms with E-state index in [-0.39, 0.29) is 0 Å². The van der Waals surface area contributed by atoms with Crippen LogP contribution in [0.25, 0.3) is 10.9 Å². The molecule has 70 valence electrons. The number of hydrogen-bond acceptors (Lipinski definition) is 2. The Hall–Kier alpha value is -1.90. The van der Waals surface area contributed by atoms with Gasteiger partial charge in [0.2, 0.25) is 0 Å². The number of carbonyl (C=O) groups is 1. The van der Waals surface area contributed by atoms with E-state index in [1.54, 1.807) is 12.3 Å². The first kappa shape index (κ1) is 8.69. The van der Waals surface area contributed by atoms with Crippen LogP contribution >= 0.6 is 0 Å². The molecule has 14 heavy (non-hydrogen) atoms. The minimum atomic E-state index is -0.436. The van der Waals surface area contributed by atoms with Gasteiger partial charge in [-0.25, -0.2) is 0 Å². The highest BCUT2D eigenvalue weighted by Gasteiger charge is 2.07. The smallest absolute Gasteiger partial charge is 0.250 e. The number of rotatable bonds is 1. The van der Waals surface area contributed by atoms with Crippen LogP contribution in [0.15, 0.2) is 30.5 Å². The standard InChI is InChI=1S/C11H10N2O/c1-7-5-6-13-10-8(7)3-2-4-9(10)11(12)14/h2-6H,1H3,(H2,12,14). The van der Waals surface area contributed by atoms with E-state index < -0.39 is 5.91 Å². The van der Waals surface area contributed by atoms with E-state index in [2.05, 4.69) is 4.98 Å². The SMILES string of the molecule is Cc1ccnc2c(C(N)=O)cccc12. The maximum absolute atomic E-state index is 11.1. The van der Waals surface area contributed by atoms with Crippen molar-refractivity contribution >= 4 is 16.8 Å². The van der Waals surface area contributed by atoms with Crippen LogP contribution in [0.4, 0.5) is 0 Å². The van der Waals surface area contributed by atoms with Gasteiger partial charge in [0.05, 0.1) is 11.1 Å². The molecule has 3 heteroatoms. The number of benzene rings is 1. The quantitative estimate of drug-likeness (QED) is 0.736. The van der Waals surface area contributed by atoms with Crippen LogP contribution in [-0.2, 0) is 0 Å². The summed E-state index contributed by atoms with van der Waals surface area (Å²) in [5.41, 5.74) is 7.50. The van der Waals surface area contributed by atoms with Crippen molar-refractivity contribution in [1.29, 1.82) is 0 Å². The number of hydrogen-bond donors (Lipinski definition) is 1. The van der Waals surface area contributed by atoms with Crippen molar-refractivity contribution < 1.29 is 4.79 Å². The number of pyridine rings is 1. The second-order valence-corrected chi connectivity index (χ2v) is 3.19. The summed E-state index contributed by atoms with van der Waals surface area (Å²) in [6.07, 6.45) is 1.68. The number of aryl methyl sites for hydroxylation is 1. The highest BCUT2D eigenvalue weighted by Crippen LogP contribution is 2.18. The second kappa shape index (κ2) is 3.10. The summed E-state index contributed by atoms with van der Waals surface area (Å²) < 4.78 is 0. The first-order valence-electron chi connectivity index (χ1n) is 4.34. The Morgan fingerprint density at radius 2 is 2.14 bits per heavy atom. The van der Waals surface area contributed by atoms with Crippen molar-refractivity contribution in [3.8, 4) is 0 Å². The zero-order valence-corrected chi connectivity index (χ0v) is 7.82. The van der Waals surface area contributed by atoms with Gasteiger partial charge in [-0.3, -0.25) is 9.78 Å². The molecular formula is C11H10N2O. The molecule has 1 heterocycles. The van der Waals surface area contributed by atoms with Gasteiger partial charge in [0.25, 0.3) is 5.91 Å². The molecule has 0 radical (unpaired) electrons. The molecule has 0 saturated carbocycles. The minimum Gasteiger partial charge on any atom is -0.366 e. The monoisotopic (exact) mass is 186 g/mol. The predicted molar refractivity (Wildman–Crippen MR) is 55.0 cm³/mol. The van der Waals surface area contributed by atoms with Crippen LogP contribution in [0.1, 0.15) is 15.9 Å². The molecule has 1 aromatic carbocycles. The number of nitrogens with zero attached hydrogens (tertiary/aromatic N) is 1. The number of aromatic nitrogens is 1. The summed E-state index contributed by atoms with van der Waals surface area (Å²) in [7, 11) is 0. The highest BCUT2D eigenvalue weighted by atomic mass is 16.1. The summed E-state index contributed by atoms with van der Waals surface area (Å²) in [6.45, 7) is 1.98. The number of amides is 1. The maximum atomic E-state index is 11.1. The van der Waals surface area contributed by atoms with Gasteiger partial charge < -0.3 is 5.73 Å². The number of nitrogens with two attached hydrogens (primary N) is 1. The number of carbonyl (C=O) groups excluding carboxylic acids is 1. The molecule has 1 amide bonds. The fourth-order valence-electron chi connectivity index (χ4n) is 1.51. The molecule has 0 fully saturated rings. The summed E-state index contributed by atoms with van der Waals surface area (Å²) in [5.74, 6) is -0.436. The largest absolute Gasteiger partial charge is 0.366 e. The van der Waals surface area contributed by atoms with E-state index in [1.807, 2.05) is 25.1 Å². The van der Waals surface area contributed by atoms with Gasteiger partial charge in [0, 0.05) is 11.6 Å². The zero-order valence-electron chi connectivity index (χ0n) is 7.82. The predicted octanol–water partition coefficient (Wildman–Crippen LogP) is 1.64. The lowest BCUT2D eigenvalue weighted by atomic mass is 10.1. The average Bonchev–Trinajstić information content (AvgIpc) is 2.17. The first-order chi connectivity index (χ1) is 6.70. The number of fused-ring (bicyclic) bond motifs is 1. The molecule has 0 atom stereocenters. The van der Waals surface area contributed by atoms with Crippen LogP contribution < -0.4 is 5.73 Å². The highest BCUT2D eigenvalue weighted by molar-refractivity contribution is 6.05. The van der Waals surface area contributed by atoms with E-state index in [0.29, 0.717) is 11.1 Å². The topological polar surface area (TPSA) is 56.0 Å². The summed E-state index contributed by atoms with van der Waals surface area (Å²) in [6, 6.07) is 7.35. The summed E-state index contributed by atoms with van der Waals surface area (Å²) in [4.78, 5) is 15.3. The van der Waals surface area contributed by atoms with Crippen molar-refractivity contribution in [2.45, 2.75) is 6.92 Å². The molecule has 2 aromatic rings. The van der Waals surface area contributed by atoms with Crippen molar-refractivity contribution in [2.75, 3.05) is 0 Å². The minimum absolute atomic E-state index is 0.436. The number of primary amides is 1. The van der Waals surface area contributed by atoms with Crippen LogP contribution in [-0.4, -0.2) is 10.9 Å². The molecule has 0 spiro atoms. The van der Waals surface area contributed by atoms with Gasteiger partial charge in [-0.2, -0.15) is 0 Å². The Bertz CT molecular complexity index is 506. The van der Waals surface area contributed by atoms with Crippen molar-refractivity contribution in [3.05, 3.63) is 41.6 Å². The Balaban J connectivity index is 2.88. The fraction of sp³-hybridized carbons (Fsp3) is 0.0909. The summed E-state index contributed by atoms with van der Waals surface area (Å²) >= 11 is 0. The molecule has 0 unspecified atom stereocenters. The van der Waals surface area contributed by atoms with Crippen LogP contribution in [0.3, 0.4) is 0 Å². The van der Waals surface area contributed by atoms with Crippen molar-refractivity contribution in [2.24, 2.45) is 5.73 Å². The molecule has 0 aliphatic heterocycles. The Morgan fingerprint density at radius 3 is 2.86 bits per heavy atom. The van der Waals surface area contributed by atoms with Gasteiger partial charge >= 0.3 is 0 Å². The molecule has 2 rings (SSSR count). The molecule has 3 nitrogen and oxygen atoms in total. The Morgan fingerprint density at radius 1 is 1.36 bits per heavy atom. The van der Waals surface area contributed by atoms with Crippen LogP contribution in [0.2, 0.25) is 0 Å². The molecule has 2 N–H and O–H groups in total. The summed E-state index contributed by atoms with van der Waals surface area (Å²) in [5, 5.41) is 0.976. The molecular weight excluding hydrogens is 176 g/mol. The average molecular weight is 186 g/mol. The lowest BCUT2D eigenvalue weighted by Crippen LogP contribution is -2.11. The third kappa shape index (κ3) is 1.23. The molecule has 1 aromatic heterocycles. The van der Waals surface area contributed by atoms with Gasteiger partial charge in [0.1, 0.15) is 0 Å². The van der Waals surface area contributed by atoms with E-state index in [0.717, 1.165) is 10.9 Å². The van der Waals surface area contributed by atoms with E-state index in [9.17, 15) is 4.79 Å². The van der Waals surface area contributed by atoms with Gasteiger partial charge in [-0.1, -0.05) is 12.1 Å². The van der Waals surface area contributed by atoms with Crippen LogP contribution in [0, 0.1) is 6.92 Å². The third-order valence-electron chi connectivity index (χ3n) is 2.25. The Labute approximate surface area is 81.6 Å². The molecule has 0 saturated heterocycles. The third-order valence-corrected chi connectivity index (χ3v) is 2.25. The van der Waals surface area contributed by atoms with E-state index >= 15 is 0 Å². The van der Waals surface area contributed by atoms with Gasteiger partial charge in [-0.05, 0) is 24.6 Å². The van der Waals surface area contributed by atoms with E-state index in [4.69, 9.17) is 5.73 Å². The molecule has 0 aliphatic carbocycles. The maximum Gasteiger partial charge on any atom is 0.250 e. The lowest BCUT2D eigenvalue weighted by Gasteiger charge is -2.03.